The van der Waals surface area contributed by atoms with Crippen molar-refractivity contribution in [2.75, 3.05) is 13.7 Å². The van der Waals surface area contributed by atoms with Gasteiger partial charge in [0.15, 0.2) is 0 Å². The highest BCUT2D eigenvalue weighted by atomic mass is 79.9. The average molecular weight is 332 g/mol. The Morgan fingerprint density at radius 2 is 2.39 bits per heavy atom. The second-order valence-electron chi connectivity index (χ2n) is 4.09. The summed E-state index contributed by atoms with van der Waals surface area (Å²) < 4.78 is 6.21. The third-order valence-electron chi connectivity index (χ3n) is 2.66. The SMILES string of the molecule is CC(CO)N(C)Cc1nc(-c2cc(Br)cs2)no1. The summed E-state index contributed by atoms with van der Waals surface area (Å²) in [5.74, 6) is 1.16. The zero-order valence-corrected chi connectivity index (χ0v) is 12.5. The molecule has 2 aromatic rings. The molecule has 5 nitrogen and oxygen atoms in total. The molecular weight excluding hydrogens is 318 g/mol. The lowest BCUT2D eigenvalue weighted by Gasteiger charge is -2.20. The summed E-state index contributed by atoms with van der Waals surface area (Å²) in [4.78, 5) is 7.27. The molecule has 2 heterocycles. The van der Waals surface area contributed by atoms with Crippen LogP contribution in [0.25, 0.3) is 10.7 Å². The van der Waals surface area contributed by atoms with Crippen LogP contribution < -0.4 is 0 Å². The van der Waals surface area contributed by atoms with E-state index in [2.05, 4.69) is 26.1 Å². The maximum absolute atomic E-state index is 9.06. The van der Waals surface area contributed by atoms with Gasteiger partial charge in [-0.2, -0.15) is 4.98 Å². The van der Waals surface area contributed by atoms with Gasteiger partial charge in [-0.3, -0.25) is 4.90 Å². The van der Waals surface area contributed by atoms with Crippen molar-refractivity contribution in [1.82, 2.24) is 15.0 Å². The number of likely N-dealkylation sites (N-methyl/N-ethyl adjacent to an activating group) is 1. The van der Waals surface area contributed by atoms with E-state index in [4.69, 9.17) is 9.63 Å². The van der Waals surface area contributed by atoms with Gasteiger partial charge in [0, 0.05) is 15.9 Å². The number of hydrogen-bond acceptors (Lipinski definition) is 6. The van der Waals surface area contributed by atoms with Crippen LogP contribution in [0.5, 0.6) is 0 Å². The number of aliphatic hydroxyl groups is 1. The van der Waals surface area contributed by atoms with Crippen molar-refractivity contribution in [3.63, 3.8) is 0 Å². The van der Waals surface area contributed by atoms with Gasteiger partial charge in [0.05, 0.1) is 18.0 Å². The second kappa shape index (κ2) is 5.92. The van der Waals surface area contributed by atoms with Crippen LogP contribution in [-0.4, -0.2) is 39.8 Å². The van der Waals surface area contributed by atoms with Crippen molar-refractivity contribution in [2.24, 2.45) is 0 Å². The molecular formula is C11H14BrN3O2S. The first-order valence-corrected chi connectivity index (χ1v) is 7.15. The largest absolute Gasteiger partial charge is 0.395 e. The van der Waals surface area contributed by atoms with E-state index >= 15 is 0 Å². The van der Waals surface area contributed by atoms with E-state index in [1.807, 2.05) is 30.3 Å². The van der Waals surface area contributed by atoms with Crippen molar-refractivity contribution < 1.29 is 9.63 Å². The molecule has 0 amide bonds. The summed E-state index contributed by atoms with van der Waals surface area (Å²) in [6.07, 6.45) is 0. The monoisotopic (exact) mass is 331 g/mol. The van der Waals surface area contributed by atoms with Crippen LogP contribution >= 0.6 is 27.3 Å². The topological polar surface area (TPSA) is 62.4 Å². The predicted molar refractivity (Wildman–Crippen MR) is 73.3 cm³/mol. The molecule has 2 rings (SSSR count). The summed E-state index contributed by atoms with van der Waals surface area (Å²) in [6.45, 7) is 2.57. The summed E-state index contributed by atoms with van der Waals surface area (Å²) in [6, 6.07) is 2.02. The molecule has 98 valence electrons. The van der Waals surface area contributed by atoms with Gasteiger partial charge >= 0.3 is 0 Å². The van der Waals surface area contributed by atoms with Crippen molar-refractivity contribution in [3.8, 4) is 10.7 Å². The lowest BCUT2D eigenvalue weighted by Crippen LogP contribution is -2.31. The second-order valence-corrected chi connectivity index (χ2v) is 5.91. The smallest absolute Gasteiger partial charge is 0.241 e. The van der Waals surface area contributed by atoms with E-state index in [1.165, 1.54) is 0 Å². The van der Waals surface area contributed by atoms with Gasteiger partial charge in [-0.1, -0.05) is 5.16 Å². The number of aliphatic hydroxyl groups excluding tert-OH is 1. The molecule has 0 saturated heterocycles. The van der Waals surface area contributed by atoms with Crippen molar-refractivity contribution >= 4 is 27.3 Å². The summed E-state index contributed by atoms with van der Waals surface area (Å²) in [5.41, 5.74) is 0. The molecule has 1 N–H and O–H groups in total. The van der Waals surface area contributed by atoms with Crippen molar-refractivity contribution in [2.45, 2.75) is 19.5 Å². The van der Waals surface area contributed by atoms with Crippen LogP contribution in [0.15, 0.2) is 20.4 Å². The standard InChI is InChI=1S/C11H14BrN3O2S/c1-7(5-16)15(2)4-10-13-11(14-17-10)9-3-8(12)6-18-9/h3,6-7,16H,4-5H2,1-2H3. The molecule has 18 heavy (non-hydrogen) atoms. The Hall–Kier alpha value is -0.760. The van der Waals surface area contributed by atoms with E-state index in [-0.39, 0.29) is 12.6 Å². The number of aromatic nitrogens is 2. The first-order valence-electron chi connectivity index (χ1n) is 5.48. The van der Waals surface area contributed by atoms with Gasteiger partial charge in [-0.05, 0) is 36.0 Å². The third kappa shape index (κ3) is 3.17. The Kier molecular flexibility index (Phi) is 4.50. The Morgan fingerprint density at radius 1 is 1.61 bits per heavy atom. The summed E-state index contributed by atoms with van der Waals surface area (Å²) >= 11 is 4.95. The van der Waals surface area contributed by atoms with Crippen LogP contribution in [0.3, 0.4) is 0 Å². The number of halogens is 1. The Balaban J connectivity index is 2.07. The van der Waals surface area contributed by atoms with E-state index in [0.717, 1.165) is 9.35 Å². The van der Waals surface area contributed by atoms with Gasteiger partial charge in [0.25, 0.3) is 0 Å². The minimum absolute atomic E-state index is 0.0660. The molecule has 0 spiro atoms. The van der Waals surface area contributed by atoms with Gasteiger partial charge < -0.3 is 9.63 Å². The van der Waals surface area contributed by atoms with Gasteiger partial charge in [-0.15, -0.1) is 11.3 Å². The fraction of sp³-hybridized carbons (Fsp3) is 0.455. The molecule has 0 aliphatic carbocycles. The highest BCUT2D eigenvalue weighted by molar-refractivity contribution is 9.10. The molecule has 1 unspecified atom stereocenters. The van der Waals surface area contributed by atoms with Crippen molar-refractivity contribution in [1.29, 1.82) is 0 Å². The quantitative estimate of drug-likeness (QED) is 0.911. The summed E-state index contributed by atoms with van der Waals surface area (Å²) in [5, 5.41) is 15.0. The third-order valence-corrected chi connectivity index (χ3v) is 4.34. The fourth-order valence-corrected chi connectivity index (χ4v) is 2.71. The molecule has 0 fully saturated rings. The lowest BCUT2D eigenvalue weighted by molar-refractivity contribution is 0.142. The highest BCUT2D eigenvalue weighted by Gasteiger charge is 2.14. The normalized spacial score (nSPS) is 13.2. The molecule has 0 saturated carbocycles. The lowest BCUT2D eigenvalue weighted by atomic mass is 10.3. The van der Waals surface area contributed by atoms with Crippen LogP contribution in [0, 0.1) is 0 Å². The van der Waals surface area contributed by atoms with Crippen LogP contribution in [-0.2, 0) is 6.54 Å². The first kappa shape index (κ1) is 13.7. The van der Waals surface area contributed by atoms with E-state index < -0.39 is 0 Å². The molecule has 0 aromatic carbocycles. The first-order chi connectivity index (χ1) is 8.60. The van der Waals surface area contributed by atoms with Crippen LogP contribution in [0.1, 0.15) is 12.8 Å². The fourth-order valence-electron chi connectivity index (χ4n) is 1.36. The van der Waals surface area contributed by atoms with E-state index in [1.54, 1.807) is 11.3 Å². The molecule has 2 aromatic heterocycles. The number of thiophene rings is 1. The molecule has 0 aliphatic heterocycles. The van der Waals surface area contributed by atoms with Crippen LogP contribution in [0.2, 0.25) is 0 Å². The molecule has 7 heteroatoms. The summed E-state index contributed by atoms with van der Waals surface area (Å²) in [7, 11) is 1.91. The Morgan fingerprint density at radius 3 is 3.00 bits per heavy atom. The minimum atomic E-state index is 0.0660. The van der Waals surface area contributed by atoms with E-state index in [0.29, 0.717) is 18.3 Å². The zero-order chi connectivity index (χ0) is 13.1. The highest BCUT2D eigenvalue weighted by Crippen LogP contribution is 2.27. The molecule has 1 atom stereocenters. The van der Waals surface area contributed by atoms with Gasteiger partial charge in [-0.25, -0.2) is 0 Å². The maximum Gasteiger partial charge on any atom is 0.241 e. The number of hydrogen-bond donors (Lipinski definition) is 1. The average Bonchev–Trinajstić information content (AvgIpc) is 2.96. The molecule has 0 bridgehead atoms. The zero-order valence-electron chi connectivity index (χ0n) is 10.1. The van der Waals surface area contributed by atoms with Crippen molar-refractivity contribution in [3.05, 3.63) is 21.8 Å². The van der Waals surface area contributed by atoms with Gasteiger partial charge in [0.1, 0.15) is 0 Å². The van der Waals surface area contributed by atoms with Gasteiger partial charge in [0.2, 0.25) is 11.7 Å². The predicted octanol–water partition coefficient (Wildman–Crippen LogP) is 2.37. The maximum atomic E-state index is 9.06. The number of nitrogens with zero attached hydrogens (tertiary/aromatic N) is 3. The Bertz CT molecular complexity index is 514. The minimum Gasteiger partial charge on any atom is -0.395 e. The molecule has 0 radical (unpaired) electrons. The van der Waals surface area contributed by atoms with E-state index in [9.17, 15) is 0 Å². The molecule has 0 aliphatic rings. The number of rotatable bonds is 5. The Labute approximate surface area is 118 Å². The van der Waals surface area contributed by atoms with Crippen LogP contribution in [0.4, 0.5) is 0 Å².